The Balaban J connectivity index is 1.73. The lowest BCUT2D eigenvalue weighted by molar-refractivity contribution is 0.0955. The van der Waals surface area contributed by atoms with Crippen molar-refractivity contribution in [2.75, 3.05) is 4.31 Å². The normalized spacial score (nSPS) is 11.5. The van der Waals surface area contributed by atoms with E-state index in [1.807, 2.05) is 6.92 Å². The number of furan rings is 1. The summed E-state index contributed by atoms with van der Waals surface area (Å²) in [6, 6.07) is 23.3. The fourth-order valence-corrected chi connectivity index (χ4v) is 4.95. The second-order valence-electron chi connectivity index (χ2n) is 7.68. The van der Waals surface area contributed by atoms with Crippen molar-refractivity contribution in [2.24, 2.45) is 5.10 Å². The van der Waals surface area contributed by atoms with Crippen molar-refractivity contribution >= 4 is 39.4 Å². The number of halogens is 1. The molecular formula is C26H22ClN3O4S. The third-order valence-electron chi connectivity index (χ3n) is 5.17. The first-order chi connectivity index (χ1) is 16.8. The standard InChI is InChI=1S/C26H22ClN3O4S/c1-19-8-14-23(15-9-19)35(32,33)30(18-20-10-12-21(27)13-11-20)25-7-3-2-6-24(25)26(31)29-28-17-22-5-4-16-34-22/h2-17H,18H2,1H3,(H,29,31)/b28-17-. The molecule has 0 radical (unpaired) electrons. The van der Waals surface area contributed by atoms with Gasteiger partial charge in [-0.05, 0) is 61.0 Å². The smallest absolute Gasteiger partial charge is 0.273 e. The molecule has 0 fully saturated rings. The number of carbonyl (C=O) groups is 1. The van der Waals surface area contributed by atoms with Gasteiger partial charge in [0.2, 0.25) is 0 Å². The molecule has 3 aromatic carbocycles. The largest absolute Gasteiger partial charge is 0.463 e. The molecule has 0 atom stereocenters. The molecule has 0 saturated carbocycles. The molecule has 9 heteroatoms. The number of para-hydroxylation sites is 1. The molecule has 0 spiro atoms. The summed E-state index contributed by atoms with van der Waals surface area (Å²) in [5.41, 5.74) is 4.44. The molecule has 0 unspecified atom stereocenters. The highest BCUT2D eigenvalue weighted by molar-refractivity contribution is 7.92. The molecule has 7 nitrogen and oxygen atoms in total. The van der Waals surface area contributed by atoms with Gasteiger partial charge in [0.25, 0.3) is 15.9 Å². The third-order valence-corrected chi connectivity index (χ3v) is 7.19. The van der Waals surface area contributed by atoms with Crippen LogP contribution in [0.15, 0.2) is 106 Å². The van der Waals surface area contributed by atoms with E-state index in [4.69, 9.17) is 16.0 Å². The Morgan fingerprint density at radius 3 is 2.40 bits per heavy atom. The number of amides is 1. The van der Waals surface area contributed by atoms with E-state index < -0.39 is 15.9 Å². The number of rotatable bonds is 8. The van der Waals surface area contributed by atoms with Crippen molar-refractivity contribution in [2.45, 2.75) is 18.4 Å². The van der Waals surface area contributed by atoms with Crippen LogP contribution in [0.5, 0.6) is 0 Å². The lowest BCUT2D eigenvalue weighted by Crippen LogP contribution is -2.33. The SMILES string of the molecule is Cc1ccc(S(=O)(=O)N(Cc2ccc(Cl)cc2)c2ccccc2C(=O)N/N=C\c2ccco2)cc1. The molecule has 1 aromatic heterocycles. The minimum Gasteiger partial charge on any atom is -0.463 e. The maximum Gasteiger partial charge on any atom is 0.273 e. The Morgan fingerprint density at radius 2 is 1.71 bits per heavy atom. The molecule has 0 aliphatic heterocycles. The Hall–Kier alpha value is -3.88. The molecule has 1 N–H and O–H groups in total. The minimum atomic E-state index is -4.02. The quantitative estimate of drug-likeness (QED) is 0.255. The van der Waals surface area contributed by atoms with Crippen LogP contribution >= 0.6 is 11.6 Å². The summed E-state index contributed by atoms with van der Waals surface area (Å²) in [4.78, 5) is 13.1. The zero-order valence-electron chi connectivity index (χ0n) is 18.8. The number of aryl methyl sites for hydroxylation is 1. The van der Waals surface area contributed by atoms with Crippen molar-refractivity contribution in [3.63, 3.8) is 0 Å². The van der Waals surface area contributed by atoms with E-state index >= 15 is 0 Å². The number of carbonyl (C=O) groups excluding carboxylic acids is 1. The molecule has 1 heterocycles. The molecule has 178 valence electrons. The van der Waals surface area contributed by atoms with Gasteiger partial charge in [-0.3, -0.25) is 9.10 Å². The highest BCUT2D eigenvalue weighted by Crippen LogP contribution is 2.29. The Labute approximate surface area is 208 Å². The van der Waals surface area contributed by atoms with Crippen molar-refractivity contribution in [3.05, 3.63) is 119 Å². The van der Waals surface area contributed by atoms with E-state index in [0.717, 1.165) is 5.56 Å². The number of hydrogen-bond donors (Lipinski definition) is 1. The predicted octanol–water partition coefficient (Wildman–Crippen LogP) is 5.40. The summed E-state index contributed by atoms with van der Waals surface area (Å²) < 4.78 is 33.9. The van der Waals surface area contributed by atoms with Gasteiger partial charge in [0.05, 0.1) is 35.2 Å². The van der Waals surface area contributed by atoms with E-state index in [-0.39, 0.29) is 22.7 Å². The summed E-state index contributed by atoms with van der Waals surface area (Å²) in [6.07, 6.45) is 2.85. The molecule has 35 heavy (non-hydrogen) atoms. The second-order valence-corrected chi connectivity index (χ2v) is 9.98. The Bertz CT molecular complexity index is 1430. The van der Waals surface area contributed by atoms with E-state index in [2.05, 4.69) is 10.5 Å². The lowest BCUT2D eigenvalue weighted by Gasteiger charge is -2.26. The van der Waals surface area contributed by atoms with E-state index in [1.165, 1.54) is 16.8 Å². The first-order valence-corrected chi connectivity index (χ1v) is 12.5. The maximum atomic E-state index is 13.8. The van der Waals surface area contributed by atoms with Gasteiger partial charge in [0, 0.05) is 5.02 Å². The van der Waals surface area contributed by atoms with Crippen molar-refractivity contribution in [1.82, 2.24) is 5.43 Å². The van der Waals surface area contributed by atoms with Crippen molar-refractivity contribution in [3.8, 4) is 0 Å². The van der Waals surface area contributed by atoms with Crippen LogP contribution in [0, 0.1) is 6.92 Å². The number of benzene rings is 3. The summed E-state index contributed by atoms with van der Waals surface area (Å²) in [5, 5.41) is 4.45. The fourth-order valence-electron chi connectivity index (χ4n) is 3.36. The Morgan fingerprint density at radius 1 is 1.00 bits per heavy atom. The Kier molecular flexibility index (Phi) is 7.33. The highest BCUT2D eigenvalue weighted by atomic mass is 35.5. The number of nitrogens with one attached hydrogen (secondary N) is 1. The van der Waals surface area contributed by atoms with Crippen LogP contribution in [-0.2, 0) is 16.6 Å². The fraction of sp³-hybridized carbons (Fsp3) is 0.0769. The van der Waals surface area contributed by atoms with Crippen LogP contribution in [0.3, 0.4) is 0 Å². The minimum absolute atomic E-state index is 0.00661. The number of hydrazone groups is 1. The molecule has 1 amide bonds. The topological polar surface area (TPSA) is 92.0 Å². The van der Waals surface area contributed by atoms with Crippen LogP contribution in [-0.4, -0.2) is 20.5 Å². The first-order valence-electron chi connectivity index (χ1n) is 10.6. The van der Waals surface area contributed by atoms with Crippen LogP contribution in [0.4, 0.5) is 5.69 Å². The molecule has 4 rings (SSSR count). The van der Waals surface area contributed by atoms with Gasteiger partial charge in [-0.25, -0.2) is 13.8 Å². The molecular weight excluding hydrogens is 486 g/mol. The summed E-state index contributed by atoms with van der Waals surface area (Å²) in [7, 11) is -4.02. The molecule has 0 aliphatic carbocycles. The van der Waals surface area contributed by atoms with E-state index in [1.54, 1.807) is 84.9 Å². The van der Waals surface area contributed by atoms with Gasteiger partial charge in [-0.1, -0.05) is 53.6 Å². The molecule has 0 saturated heterocycles. The van der Waals surface area contributed by atoms with Gasteiger partial charge < -0.3 is 4.42 Å². The summed E-state index contributed by atoms with van der Waals surface area (Å²) in [6.45, 7) is 1.87. The summed E-state index contributed by atoms with van der Waals surface area (Å²) >= 11 is 6.01. The zero-order chi connectivity index (χ0) is 24.8. The predicted molar refractivity (Wildman–Crippen MR) is 136 cm³/mol. The molecule has 4 aromatic rings. The third kappa shape index (κ3) is 5.79. The van der Waals surface area contributed by atoms with Crippen LogP contribution in [0.25, 0.3) is 0 Å². The van der Waals surface area contributed by atoms with Gasteiger partial charge in [-0.15, -0.1) is 0 Å². The maximum absolute atomic E-state index is 13.8. The second kappa shape index (κ2) is 10.6. The van der Waals surface area contributed by atoms with Crippen LogP contribution in [0.2, 0.25) is 5.02 Å². The average molecular weight is 508 g/mol. The number of sulfonamides is 1. The summed E-state index contributed by atoms with van der Waals surface area (Å²) in [5.74, 6) is -0.103. The van der Waals surface area contributed by atoms with E-state index in [9.17, 15) is 13.2 Å². The van der Waals surface area contributed by atoms with Crippen LogP contribution in [0.1, 0.15) is 27.2 Å². The number of nitrogens with zero attached hydrogens (tertiary/aromatic N) is 2. The van der Waals surface area contributed by atoms with Crippen molar-refractivity contribution in [1.29, 1.82) is 0 Å². The lowest BCUT2D eigenvalue weighted by atomic mass is 10.1. The first kappa shape index (κ1) is 24.3. The monoisotopic (exact) mass is 507 g/mol. The number of anilines is 1. The molecule has 0 bridgehead atoms. The van der Waals surface area contributed by atoms with Gasteiger partial charge >= 0.3 is 0 Å². The highest BCUT2D eigenvalue weighted by Gasteiger charge is 2.28. The van der Waals surface area contributed by atoms with Gasteiger partial charge in [0.15, 0.2) is 0 Å². The van der Waals surface area contributed by atoms with Crippen molar-refractivity contribution < 1.29 is 17.6 Å². The molecule has 0 aliphatic rings. The van der Waals surface area contributed by atoms with Crippen LogP contribution < -0.4 is 9.73 Å². The van der Waals surface area contributed by atoms with Gasteiger partial charge in [0.1, 0.15) is 5.76 Å². The van der Waals surface area contributed by atoms with E-state index in [0.29, 0.717) is 16.3 Å². The van der Waals surface area contributed by atoms with Gasteiger partial charge in [-0.2, -0.15) is 5.10 Å². The average Bonchev–Trinajstić information content (AvgIpc) is 3.37. The zero-order valence-corrected chi connectivity index (χ0v) is 20.3. The number of hydrogen-bond acceptors (Lipinski definition) is 5.